The van der Waals surface area contributed by atoms with E-state index in [4.69, 9.17) is 0 Å². The molecule has 0 saturated heterocycles. The number of hydrogen-bond donors (Lipinski definition) is 0. The van der Waals surface area contributed by atoms with E-state index < -0.39 is 0 Å². The summed E-state index contributed by atoms with van der Waals surface area (Å²) in [5.41, 5.74) is 0. The average Bonchev–Trinajstić information content (AvgIpc) is 2.76. The summed E-state index contributed by atoms with van der Waals surface area (Å²) >= 11 is 3.57. The molecule has 0 amide bonds. The summed E-state index contributed by atoms with van der Waals surface area (Å²) < 4.78 is 0. The molecule has 0 bridgehead atoms. The van der Waals surface area contributed by atoms with Crippen molar-refractivity contribution in [3.8, 4) is 0 Å². The molecule has 0 aromatic carbocycles. The van der Waals surface area contributed by atoms with Gasteiger partial charge in [0.15, 0.2) is 0 Å². The molecule has 0 rings (SSSR count). The molecule has 0 aromatic heterocycles. The van der Waals surface area contributed by atoms with E-state index in [9.17, 15) is 0 Å². The van der Waals surface area contributed by atoms with Crippen LogP contribution in [0.15, 0.2) is 0 Å². The monoisotopic (exact) mass is 486 g/mol. The van der Waals surface area contributed by atoms with Gasteiger partial charge < -0.3 is 0 Å². The fourth-order valence-electron chi connectivity index (χ4n) is 4.80. The number of rotatable bonds is 26. The zero-order valence-electron chi connectivity index (χ0n) is 21.3. The molecule has 1 heteroatoms. The maximum absolute atomic E-state index is 3.57. The number of halogens is 1. The molecular formula is C29H59Br. The van der Waals surface area contributed by atoms with E-state index in [1.165, 1.54) is 166 Å². The number of alkyl halides is 1. The summed E-state index contributed by atoms with van der Waals surface area (Å²) in [7, 11) is 0. The first-order valence-corrected chi connectivity index (χ1v) is 15.5. The molecule has 0 N–H and O–H groups in total. The minimum absolute atomic E-state index is 1.03. The summed E-state index contributed by atoms with van der Waals surface area (Å²) in [6.45, 7) is 4.62. The van der Waals surface area contributed by atoms with Gasteiger partial charge in [0, 0.05) is 5.33 Å². The molecule has 0 saturated carbocycles. The van der Waals surface area contributed by atoms with E-state index in [-0.39, 0.29) is 0 Å². The van der Waals surface area contributed by atoms with Crippen molar-refractivity contribution in [3.05, 3.63) is 0 Å². The molecular weight excluding hydrogens is 428 g/mol. The summed E-state index contributed by atoms with van der Waals surface area (Å²) in [5, 5.41) is 1.19. The van der Waals surface area contributed by atoms with Crippen LogP contribution in [0.3, 0.4) is 0 Å². The highest BCUT2D eigenvalue weighted by Gasteiger charge is 2.08. The summed E-state index contributed by atoms with van der Waals surface area (Å²) in [6.07, 6.45) is 36.7. The van der Waals surface area contributed by atoms with Crippen LogP contribution in [0.25, 0.3) is 0 Å². The van der Waals surface area contributed by atoms with Crippen LogP contribution >= 0.6 is 15.9 Å². The molecule has 0 nitrogen and oxygen atoms in total. The van der Waals surface area contributed by atoms with E-state index in [1.807, 2.05) is 0 Å². The van der Waals surface area contributed by atoms with Crippen LogP contribution in [0.2, 0.25) is 0 Å². The normalized spacial score (nSPS) is 12.5. The lowest BCUT2D eigenvalue weighted by atomic mass is 9.89. The van der Waals surface area contributed by atoms with Crippen LogP contribution in [0, 0.1) is 5.92 Å². The van der Waals surface area contributed by atoms with Crippen LogP contribution in [0.5, 0.6) is 0 Å². The zero-order valence-corrected chi connectivity index (χ0v) is 22.9. The Morgan fingerprint density at radius 1 is 0.367 bits per heavy atom. The van der Waals surface area contributed by atoms with E-state index in [1.54, 1.807) is 0 Å². The number of unbranched alkanes of at least 4 members (excludes halogenated alkanes) is 19. The minimum Gasteiger partial charge on any atom is -0.0928 e. The Balaban J connectivity index is 3.74. The lowest BCUT2D eigenvalue weighted by molar-refractivity contribution is 0.366. The Kier molecular flexibility index (Phi) is 28.0. The van der Waals surface area contributed by atoms with Crippen molar-refractivity contribution in [1.29, 1.82) is 0 Å². The molecule has 1 unspecified atom stereocenters. The van der Waals surface area contributed by atoms with Gasteiger partial charge in [-0.05, 0) is 12.3 Å². The van der Waals surface area contributed by atoms with Crippen LogP contribution in [-0.4, -0.2) is 5.33 Å². The molecule has 0 aliphatic carbocycles. The highest BCUT2D eigenvalue weighted by Crippen LogP contribution is 2.25. The lowest BCUT2D eigenvalue weighted by Gasteiger charge is -2.17. The van der Waals surface area contributed by atoms with Gasteiger partial charge in [0.1, 0.15) is 0 Å². The molecule has 30 heavy (non-hydrogen) atoms. The van der Waals surface area contributed by atoms with E-state index in [2.05, 4.69) is 29.8 Å². The Hall–Kier alpha value is 0.480. The fraction of sp³-hybridized carbons (Fsp3) is 1.00. The van der Waals surface area contributed by atoms with Crippen LogP contribution < -0.4 is 0 Å². The number of hydrogen-bond acceptors (Lipinski definition) is 0. The van der Waals surface area contributed by atoms with Gasteiger partial charge >= 0.3 is 0 Å². The lowest BCUT2D eigenvalue weighted by Crippen LogP contribution is -2.01. The molecule has 0 aliphatic heterocycles. The minimum atomic E-state index is 1.03. The summed E-state index contributed by atoms with van der Waals surface area (Å²) in [5.74, 6) is 1.03. The van der Waals surface area contributed by atoms with Crippen LogP contribution in [0.1, 0.15) is 174 Å². The predicted octanol–water partition coefficient (Wildman–Crippen LogP) is 11.8. The first-order valence-electron chi connectivity index (χ1n) is 14.4. The van der Waals surface area contributed by atoms with Gasteiger partial charge in [-0.15, -0.1) is 0 Å². The maximum atomic E-state index is 3.57. The third kappa shape index (κ3) is 24.7. The van der Waals surface area contributed by atoms with Gasteiger partial charge in [0.25, 0.3) is 0 Å². The average molecular weight is 488 g/mol. The topological polar surface area (TPSA) is 0 Å². The second-order valence-electron chi connectivity index (χ2n) is 9.99. The predicted molar refractivity (Wildman–Crippen MR) is 144 cm³/mol. The smallest absolute Gasteiger partial charge is 0.00313 e. The van der Waals surface area contributed by atoms with Crippen molar-refractivity contribution < 1.29 is 0 Å². The fourth-order valence-corrected chi connectivity index (χ4v) is 5.20. The van der Waals surface area contributed by atoms with Crippen LogP contribution in [-0.2, 0) is 0 Å². The van der Waals surface area contributed by atoms with E-state index in [0.29, 0.717) is 0 Å². The Morgan fingerprint density at radius 2 is 0.633 bits per heavy atom. The van der Waals surface area contributed by atoms with E-state index in [0.717, 1.165) is 5.92 Å². The zero-order chi connectivity index (χ0) is 22.0. The van der Waals surface area contributed by atoms with Crippen molar-refractivity contribution in [1.82, 2.24) is 0 Å². The molecule has 0 aromatic rings. The SMILES string of the molecule is CCCCCCCCCCCCC(CCCCCCBr)CCCCCCCCCC. The van der Waals surface area contributed by atoms with Gasteiger partial charge in [-0.2, -0.15) is 0 Å². The summed E-state index contributed by atoms with van der Waals surface area (Å²) in [6, 6.07) is 0. The van der Waals surface area contributed by atoms with Crippen molar-refractivity contribution in [2.75, 3.05) is 5.33 Å². The largest absolute Gasteiger partial charge is 0.0928 e. The first-order chi connectivity index (χ1) is 14.8. The third-order valence-corrected chi connectivity index (χ3v) is 7.49. The van der Waals surface area contributed by atoms with Crippen molar-refractivity contribution in [2.45, 2.75) is 174 Å². The Labute approximate surface area is 201 Å². The quantitative estimate of drug-likeness (QED) is 0.0840. The van der Waals surface area contributed by atoms with E-state index >= 15 is 0 Å². The van der Waals surface area contributed by atoms with Gasteiger partial charge in [0.2, 0.25) is 0 Å². The maximum Gasteiger partial charge on any atom is 0.00313 e. The van der Waals surface area contributed by atoms with Crippen LogP contribution in [0.4, 0.5) is 0 Å². The van der Waals surface area contributed by atoms with Gasteiger partial charge in [0.05, 0.1) is 0 Å². The molecule has 0 fully saturated rings. The highest BCUT2D eigenvalue weighted by atomic mass is 79.9. The summed E-state index contributed by atoms with van der Waals surface area (Å²) in [4.78, 5) is 0. The molecule has 0 aliphatic rings. The Bertz CT molecular complexity index is 288. The van der Waals surface area contributed by atoms with Crippen molar-refractivity contribution in [3.63, 3.8) is 0 Å². The molecule has 0 spiro atoms. The third-order valence-electron chi connectivity index (χ3n) is 6.93. The molecule has 0 heterocycles. The van der Waals surface area contributed by atoms with Crippen molar-refractivity contribution >= 4 is 15.9 Å². The van der Waals surface area contributed by atoms with Gasteiger partial charge in [-0.25, -0.2) is 0 Å². The van der Waals surface area contributed by atoms with Gasteiger partial charge in [-0.1, -0.05) is 184 Å². The molecule has 182 valence electrons. The Morgan fingerprint density at radius 3 is 0.933 bits per heavy atom. The second kappa shape index (κ2) is 27.5. The standard InChI is InChI=1S/C29H59Br/c1-3-5-7-9-11-13-14-16-18-22-26-29(27-23-19-20-24-28-30)25-21-17-15-12-10-8-6-4-2/h29H,3-28H2,1-2H3. The molecule has 1 atom stereocenters. The van der Waals surface area contributed by atoms with Gasteiger partial charge in [-0.3, -0.25) is 0 Å². The first kappa shape index (κ1) is 30.5. The second-order valence-corrected chi connectivity index (χ2v) is 10.8. The van der Waals surface area contributed by atoms with Crippen molar-refractivity contribution in [2.24, 2.45) is 5.92 Å². The highest BCUT2D eigenvalue weighted by molar-refractivity contribution is 9.09. The molecule has 0 radical (unpaired) electrons.